The molecule has 140 valence electrons. The lowest BCUT2D eigenvalue weighted by molar-refractivity contribution is -0.146. The molecule has 0 unspecified atom stereocenters. The lowest BCUT2D eigenvalue weighted by atomic mass is 9.86. The molecule has 1 aromatic rings. The number of carbonyl (C=O) groups is 2. The molecule has 0 aliphatic heterocycles. The second kappa shape index (κ2) is 9.43. The first-order valence-electron chi connectivity index (χ1n) is 8.62. The van der Waals surface area contributed by atoms with Crippen LogP contribution in [0.15, 0.2) is 15.9 Å². The van der Waals surface area contributed by atoms with E-state index in [0.29, 0.717) is 22.1 Å². The van der Waals surface area contributed by atoms with Crippen molar-refractivity contribution in [1.29, 1.82) is 5.26 Å². The van der Waals surface area contributed by atoms with Crippen molar-refractivity contribution in [2.75, 3.05) is 12.4 Å². The number of esters is 1. The number of hydrogen-bond acceptors (Lipinski definition) is 6. The molecule has 1 saturated carbocycles. The Morgan fingerprint density at radius 3 is 2.85 bits per heavy atom. The molecule has 1 aliphatic carbocycles. The number of amides is 1. The van der Waals surface area contributed by atoms with Crippen molar-refractivity contribution in [1.82, 2.24) is 10.3 Å². The van der Waals surface area contributed by atoms with Gasteiger partial charge >= 0.3 is 5.97 Å². The van der Waals surface area contributed by atoms with Gasteiger partial charge < -0.3 is 15.0 Å². The van der Waals surface area contributed by atoms with Crippen LogP contribution in [0.3, 0.4) is 0 Å². The summed E-state index contributed by atoms with van der Waals surface area (Å²) in [4.78, 5) is 37.8. The van der Waals surface area contributed by atoms with E-state index in [4.69, 9.17) is 10.00 Å². The highest BCUT2D eigenvalue weighted by Crippen LogP contribution is 2.23. The Labute approximate surface area is 156 Å². The largest absolute Gasteiger partial charge is 0.455 e. The van der Waals surface area contributed by atoms with E-state index in [1.807, 2.05) is 6.07 Å². The Kier molecular flexibility index (Phi) is 7.27. The van der Waals surface area contributed by atoms with E-state index in [0.717, 1.165) is 31.0 Å². The Bertz CT molecular complexity index is 769. The molecule has 0 saturated heterocycles. The Morgan fingerprint density at radius 2 is 2.15 bits per heavy atom. The first-order valence-corrected chi connectivity index (χ1v) is 9.61. The van der Waals surface area contributed by atoms with Gasteiger partial charge in [-0.2, -0.15) is 5.26 Å². The fourth-order valence-corrected chi connectivity index (χ4v) is 3.87. The van der Waals surface area contributed by atoms with Crippen LogP contribution >= 0.6 is 11.8 Å². The van der Waals surface area contributed by atoms with Crippen LogP contribution in [0, 0.1) is 24.2 Å². The highest BCUT2D eigenvalue weighted by Gasteiger charge is 2.23. The molecule has 2 atom stereocenters. The van der Waals surface area contributed by atoms with E-state index in [2.05, 4.69) is 17.2 Å². The summed E-state index contributed by atoms with van der Waals surface area (Å²) in [6.07, 6.45) is 4.33. The van der Waals surface area contributed by atoms with Crippen molar-refractivity contribution in [3.8, 4) is 6.07 Å². The molecule has 1 amide bonds. The monoisotopic (exact) mass is 377 g/mol. The van der Waals surface area contributed by atoms with Crippen molar-refractivity contribution in [3.63, 3.8) is 0 Å². The molecule has 2 N–H and O–H groups in total. The SMILES string of the molecule is Cc1cc(=O)[nH]c(SCC(=O)OCC(=O)N[C@H]2CCCC[C@@H]2C)c1C#N. The Balaban J connectivity index is 1.80. The van der Waals surface area contributed by atoms with Crippen LogP contribution in [0.25, 0.3) is 0 Å². The van der Waals surface area contributed by atoms with Crippen LogP contribution in [0.4, 0.5) is 0 Å². The molecule has 1 fully saturated rings. The summed E-state index contributed by atoms with van der Waals surface area (Å²) in [7, 11) is 0. The van der Waals surface area contributed by atoms with E-state index in [-0.39, 0.29) is 29.9 Å². The molecule has 1 aliphatic rings. The van der Waals surface area contributed by atoms with Crippen molar-refractivity contribution < 1.29 is 14.3 Å². The Morgan fingerprint density at radius 1 is 1.42 bits per heavy atom. The highest BCUT2D eigenvalue weighted by atomic mass is 32.2. The van der Waals surface area contributed by atoms with E-state index in [9.17, 15) is 14.4 Å². The van der Waals surface area contributed by atoms with Gasteiger partial charge in [0.2, 0.25) is 5.56 Å². The number of ether oxygens (including phenoxy) is 1. The number of aromatic nitrogens is 1. The second-order valence-corrected chi connectivity index (χ2v) is 7.50. The maximum absolute atomic E-state index is 11.9. The fourth-order valence-electron chi connectivity index (χ4n) is 3.00. The maximum Gasteiger partial charge on any atom is 0.316 e. The van der Waals surface area contributed by atoms with Crippen LogP contribution in [0.2, 0.25) is 0 Å². The second-order valence-electron chi connectivity index (χ2n) is 6.52. The fraction of sp³-hybridized carbons (Fsp3) is 0.556. The number of carbonyl (C=O) groups excluding carboxylic acids is 2. The van der Waals surface area contributed by atoms with Crippen LogP contribution in [0.1, 0.15) is 43.7 Å². The maximum atomic E-state index is 11.9. The molecule has 0 bridgehead atoms. The summed E-state index contributed by atoms with van der Waals surface area (Å²) in [5, 5.41) is 12.4. The molecule has 1 aromatic heterocycles. The van der Waals surface area contributed by atoms with Gasteiger partial charge in [0.15, 0.2) is 6.61 Å². The van der Waals surface area contributed by atoms with E-state index in [1.54, 1.807) is 6.92 Å². The zero-order valence-corrected chi connectivity index (χ0v) is 15.8. The van der Waals surface area contributed by atoms with Gasteiger partial charge in [0, 0.05) is 12.1 Å². The van der Waals surface area contributed by atoms with Crippen molar-refractivity contribution >= 4 is 23.6 Å². The molecular weight excluding hydrogens is 354 g/mol. The molecule has 7 nitrogen and oxygen atoms in total. The first-order chi connectivity index (χ1) is 12.4. The van der Waals surface area contributed by atoms with Crippen molar-refractivity contribution in [3.05, 3.63) is 27.5 Å². The number of nitriles is 1. The van der Waals surface area contributed by atoms with E-state index < -0.39 is 5.97 Å². The van der Waals surface area contributed by atoms with Crippen LogP contribution in [-0.4, -0.2) is 35.3 Å². The standard InChI is InChI=1S/C18H23N3O4S/c1-11-5-3-4-6-14(11)20-16(23)9-25-17(24)10-26-18-13(8-19)12(2)7-15(22)21-18/h7,11,14H,3-6,9-10H2,1-2H3,(H,20,23)(H,21,22)/t11-,14-/m0/s1. The first kappa shape index (κ1) is 20.0. The van der Waals surface area contributed by atoms with Gasteiger partial charge in [0.1, 0.15) is 6.07 Å². The summed E-state index contributed by atoms with van der Waals surface area (Å²) in [5.41, 5.74) is 0.540. The van der Waals surface area contributed by atoms with E-state index >= 15 is 0 Å². The molecule has 26 heavy (non-hydrogen) atoms. The predicted molar refractivity (Wildman–Crippen MR) is 97.8 cm³/mol. The predicted octanol–water partition coefficient (Wildman–Crippen LogP) is 1.89. The van der Waals surface area contributed by atoms with Gasteiger partial charge in [-0.05, 0) is 31.2 Å². The van der Waals surface area contributed by atoms with Gasteiger partial charge in [-0.15, -0.1) is 0 Å². The zero-order chi connectivity index (χ0) is 19.1. The number of thioether (sulfide) groups is 1. The average molecular weight is 377 g/mol. The number of hydrogen-bond donors (Lipinski definition) is 2. The quantitative estimate of drug-likeness (QED) is 0.578. The molecule has 0 radical (unpaired) electrons. The minimum absolute atomic E-state index is 0.0960. The topological polar surface area (TPSA) is 112 Å². The number of nitrogens with zero attached hydrogens (tertiary/aromatic N) is 1. The number of pyridine rings is 1. The molecule has 1 heterocycles. The summed E-state index contributed by atoms with van der Waals surface area (Å²) < 4.78 is 4.99. The lowest BCUT2D eigenvalue weighted by Gasteiger charge is -2.29. The molecule has 2 rings (SSSR count). The molecular formula is C18H23N3O4S. The normalized spacial score (nSPS) is 19.4. The zero-order valence-electron chi connectivity index (χ0n) is 15.0. The summed E-state index contributed by atoms with van der Waals surface area (Å²) in [6.45, 7) is 3.45. The summed E-state index contributed by atoms with van der Waals surface area (Å²) in [6, 6.07) is 3.48. The minimum Gasteiger partial charge on any atom is -0.455 e. The van der Waals surface area contributed by atoms with Gasteiger partial charge in [-0.25, -0.2) is 0 Å². The third kappa shape index (κ3) is 5.63. The number of aryl methyl sites for hydroxylation is 1. The molecule has 8 heteroatoms. The van der Waals surface area contributed by atoms with Gasteiger partial charge in [0.05, 0.1) is 16.3 Å². The third-order valence-electron chi connectivity index (χ3n) is 4.47. The Hall–Kier alpha value is -2.27. The molecule has 0 spiro atoms. The third-order valence-corrected chi connectivity index (χ3v) is 5.45. The van der Waals surface area contributed by atoms with E-state index in [1.165, 1.54) is 12.5 Å². The van der Waals surface area contributed by atoms with Crippen LogP contribution < -0.4 is 10.9 Å². The highest BCUT2D eigenvalue weighted by molar-refractivity contribution is 7.99. The number of H-pyrrole nitrogens is 1. The van der Waals surface area contributed by atoms with Crippen LogP contribution in [0.5, 0.6) is 0 Å². The average Bonchev–Trinajstić information content (AvgIpc) is 2.59. The number of aromatic amines is 1. The van der Waals surface area contributed by atoms with Crippen molar-refractivity contribution in [2.24, 2.45) is 5.92 Å². The molecule has 0 aromatic carbocycles. The summed E-state index contributed by atoms with van der Waals surface area (Å²) in [5.74, 6) is -0.542. The summed E-state index contributed by atoms with van der Waals surface area (Å²) >= 11 is 1.01. The number of rotatable bonds is 6. The van der Waals surface area contributed by atoms with Crippen molar-refractivity contribution in [2.45, 2.75) is 50.6 Å². The smallest absolute Gasteiger partial charge is 0.316 e. The lowest BCUT2D eigenvalue weighted by Crippen LogP contribution is -2.43. The van der Waals surface area contributed by atoms with Gasteiger partial charge in [-0.3, -0.25) is 14.4 Å². The van der Waals surface area contributed by atoms with Crippen LogP contribution in [-0.2, 0) is 14.3 Å². The van der Waals surface area contributed by atoms with Gasteiger partial charge in [0.25, 0.3) is 5.91 Å². The van der Waals surface area contributed by atoms with Gasteiger partial charge in [-0.1, -0.05) is 31.5 Å². The minimum atomic E-state index is -0.576. The number of nitrogens with one attached hydrogen (secondary N) is 2.